The Morgan fingerprint density at radius 2 is 1.02 bits per heavy atom. The molecule has 8 rings (SSSR count). The van der Waals surface area contributed by atoms with Crippen LogP contribution in [-0.4, -0.2) is 157 Å². The van der Waals surface area contributed by atoms with Crippen molar-refractivity contribution in [1.29, 1.82) is 5.26 Å². The van der Waals surface area contributed by atoms with Gasteiger partial charge in [-0.2, -0.15) is 68.1 Å². The summed E-state index contributed by atoms with van der Waals surface area (Å²) >= 11 is 0. The summed E-state index contributed by atoms with van der Waals surface area (Å²) in [6.07, 6.45) is -15.4. The Bertz CT molecular complexity index is 3030. The van der Waals surface area contributed by atoms with Crippen LogP contribution in [0.2, 0.25) is 0 Å². The van der Waals surface area contributed by atoms with Crippen LogP contribution in [0.4, 0.5) is 76.0 Å². The highest BCUT2D eigenvalue weighted by Crippen LogP contribution is 2.36. The minimum absolute atomic E-state index is 0.0116. The van der Waals surface area contributed by atoms with Gasteiger partial charge in [-0.25, -0.2) is 30.1 Å². The summed E-state index contributed by atoms with van der Waals surface area (Å²) < 4.78 is 168. The molecule has 4 aromatic rings. The summed E-state index contributed by atoms with van der Waals surface area (Å²) in [4.78, 5) is 83.0. The SMILES string of the molecule is C[C@@H](CO[C@@H]1CCN(C2CCN(c3ncc(C(F)(F)F)cn3)CC2C#N)C1=O)Nc1cn[nH]c(=O)c1C(F)(F)F.C[C@@H](CO[C@@H]1CCN(C2CCN(c3ncc(C(F)(F)F)cn3)CC2C(N)=O)C1=O)Nc1cn[nH]c(=O)c1C(F)(F)F. The number of nitrogens with zero attached hydrogens (tertiary/aromatic N) is 11. The van der Waals surface area contributed by atoms with Crippen molar-refractivity contribution >= 4 is 41.0 Å². The number of H-pyrrole nitrogens is 2. The fourth-order valence-electron chi connectivity index (χ4n) is 9.69. The summed E-state index contributed by atoms with van der Waals surface area (Å²) in [6, 6.07) is -0.381. The first-order valence-corrected chi connectivity index (χ1v) is 24.6. The van der Waals surface area contributed by atoms with Crippen molar-refractivity contribution in [3.63, 3.8) is 0 Å². The molecule has 4 unspecified atom stereocenters. The number of nitrogens with one attached hydrogen (secondary N) is 4. The van der Waals surface area contributed by atoms with E-state index in [-0.39, 0.29) is 70.0 Å². The smallest absolute Gasteiger partial charge is 0.378 e. The summed E-state index contributed by atoms with van der Waals surface area (Å²) in [5.41, 5.74) is -3.12. The van der Waals surface area contributed by atoms with E-state index in [1.54, 1.807) is 15.1 Å². The maximum Gasteiger partial charge on any atom is 0.423 e. The Morgan fingerprint density at radius 1 is 0.630 bits per heavy atom. The van der Waals surface area contributed by atoms with Gasteiger partial charge in [0.25, 0.3) is 22.9 Å². The van der Waals surface area contributed by atoms with Crippen LogP contribution in [0.25, 0.3) is 0 Å². The van der Waals surface area contributed by atoms with Crippen LogP contribution in [0.5, 0.6) is 0 Å². The Balaban J connectivity index is 0.000000234. The molecule has 0 aromatic carbocycles. The van der Waals surface area contributed by atoms with Crippen molar-refractivity contribution in [3.8, 4) is 6.07 Å². The van der Waals surface area contributed by atoms with Crippen molar-refractivity contribution in [2.75, 3.05) is 72.9 Å². The van der Waals surface area contributed by atoms with E-state index in [1.807, 2.05) is 0 Å². The molecule has 4 aliphatic rings. The summed E-state index contributed by atoms with van der Waals surface area (Å²) in [7, 11) is 0. The third kappa shape index (κ3) is 14.5. The minimum Gasteiger partial charge on any atom is -0.378 e. The lowest BCUT2D eigenvalue weighted by molar-refractivity contribution is -0.142. The first-order valence-electron chi connectivity index (χ1n) is 24.6. The number of hydrogen-bond acceptors (Lipinski definition) is 18. The topological polar surface area (TPSA) is 300 Å². The number of rotatable bonds is 15. The van der Waals surface area contributed by atoms with Gasteiger partial charge >= 0.3 is 24.7 Å². The maximum atomic E-state index is 13.3. The lowest BCUT2D eigenvalue weighted by Crippen LogP contribution is -2.56. The number of anilines is 4. The molecule has 4 aliphatic heterocycles. The highest BCUT2D eigenvalue weighted by molar-refractivity contribution is 5.85. The van der Waals surface area contributed by atoms with Crippen molar-refractivity contribution in [3.05, 3.63) is 80.1 Å². The van der Waals surface area contributed by atoms with Crippen molar-refractivity contribution < 1.29 is 76.5 Å². The molecule has 8 heterocycles. The molecule has 0 radical (unpaired) electrons. The number of carbonyl (C=O) groups is 3. The average molecular weight is 1170 g/mol. The van der Waals surface area contributed by atoms with E-state index < -0.39 is 129 Å². The second-order valence-corrected chi connectivity index (χ2v) is 19.2. The van der Waals surface area contributed by atoms with Crippen molar-refractivity contribution in [1.82, 2.24) is 50.1 Å². The standard InChI is InChI=1S/C23H26F6N8O4.C23H24F6N8O3/c1-11(34-14-8-33-35-19(39)17(14)23(27,28)29)10-41-16-3-5-37(20(16)40)15-2-4-36(9-13(15)18(30)38)21-31-6-12(7-32-21)22(24,25)26;1-12(34-15-9-33-35-19(38)18(15)23(27,28)29)11-40-17-3-5-37(20(17)39)16-2-4-36(10-13(16)6-30)21-31-7-14(8-32-21)22(24,25)26/h6-8,11,13,15-16H,2-5,9-10H2,1H3,(H2,30,38)(H2,34,35,39);7-9,12-13,16-17H,2-5,10-11H2,1H3,(H2,34,35,38)/t11-,13?,15?,16+;12-,13?,16?,17+/m00/s1. The highest BCUT2D eigenvalue weighted by Gasteiger charge is 2.46. The molecule has 23 nitrogen and oxygen atoms in total. The van der Waals surface area contributed by atoms with Gasteiger partial charge in [0, 0.05) is 95.0 Å². The molecule has 4 fully saturated rings. The molecule has 0 spiro atoms. The summed E-state index contributed by atoms with van der Waals surface area (Å²) in [5, 5.41) is 25.1. The zero-order valence-electron chi connectivity index (χ0n) is 42.5. The normalized spacial score (nSPS) is 22.7. The predicted molar refractivity (Wildman–Crippen MR) is 255 cm³/mol. The molecule has 4 saturated heterocycles. The van der Waals surface area contributed by atoms with Gasteiger partial charge in [0.15, 0.2) is 0 Å². The quantitative estimate of drug-likeness (QED) is 0.106. The van der Waals surface area contributed by atoms with Crippen LogP contribution in [0.3, 0.4) is 0 Å². The fourth-order valence-corrected chi connectivity index (χ4v) is 9.69. The molecule has 0 aliphatic carbocycles. The molecule has 8 atom stereocenters. The third-order valence-electron chi connectivity index (χ3n) is 13.5. The van der Waals surface area contributed by atoms with Gasteiger partial charge < -0.3 is 45.4 Å². The number of aromatic nitrogens is 8. The monoisotopic (exact) mass is 1170 g/mol. The van der Waals surface area contributed by atoms with E-state index in [4.69, 9.17) is 15.2 Å². The predicted octanol–water partition coefficient (Wildman–Crippen LogP) is 3.83. The molecule has 4 aromatic heterocycles. The van der Waals surface area contributed by atoms with Crippen LogP contribution >= 0.6 is 0 Å². The number of alkyl halides is 12. The zero-order chi connectivity index (χ0) is 59.4. The number of likely N-dealkylation sites (tertiary alicyclic amines) is 2. The van der Waals surface area contributed by atoms with Gasteiger partial charge in [-0.05, 0) is 26.7 Å². The number of piperidine rings is 2. The summed E-state index contributed by atoms with van der Waals surface area (Å²) in [6.45, 7) is 3.83. The average Bonchev–Trinajstić information content (AvgIpc) is 4.24. The van der Waals surface area contributed by atoms with Crippen LogP contribution in [0.15, 0.2) is 46.8 Å². The molecule has 6 N–H and O–H groups in total. The number of nitrogens with two attached hydrogens (primary N) is 1. The fraction of sp³-hybridized carbons (Fsp3) is 0.565. The van der Waals surface area contributed by atoms with E-state index >= 15 is 0 Å². The van der Waals surface area contributed by atoms with E-state index in [9.17, 15) is 81.9 Å². The molecule has 35 heteroatoms. The number of aromatic amines is 2. The molecule has 0 saturated carbocycles. The lowest BCUT2D eigenvalue weighted by Gasteiger charge is -2.41. The Hall–Kier alpha value is -7.90. The van der Waals surface area contributed by atoms with E-state index in [1.165, 1.54) is 28.5 Å². The van der Waals surface area contributed by atoms with E-state index in [2.05, 4.69) is 46.8 Å². The lowest BCUT2D eigenvalue weighted by atomic mass is 9.90. The number of primary amides is 1. The second kappa shape index (κ2) is 24.4. The van der Waals surface area contributed by atoms with Crippen LogP contribution in [-0.2, 0) is 48.6 Å². The number of amides is 3. The van der Waals surface area contributed by atoms with Crippen LogP contribution in [0.1, 0.15) is 61.8 Å². The van der Waals surface area contributed by atoms with Gasteiger partial charge in [-0.15, -0.1) is 0 Å². The largest absolute Gasteiger partial charge is 0.423 e. The molecular formula is C46H50F12N16O7. The number of nitriles is 1. The number of ether oxygens (including phenoxy) is 2. The molecule has 3 amide bonds. The van der Waals surface area contributed by atoms with Gasteiger partial charge in [-0.3, -0.25) is 24.0 Å². The zero-order valence-corrected chi connectivity index (χ0v) is 42.5. The summed E-state index contributed by atoms with van der Waals surface area (Å²) in [5.74, 6) is -3.02. The Labute approximate surface area is 449 Å². The highest BCUT2D eigenvalue weighted by atomic mass is 19.4. The van der Waals surface area contributed by atoms with Crippen molar-refractivity contribution in [2.45, 2.75) is 101 Å². The van der Waals surface area contributed by atoms with E-state index in [0.29, 0.717) is 50.7 Å². The number of carbonyl (C=O) groups excluding carboxylic acids is 3. The molecule has 0 bridgehead atoms. The first-order chi connectivity index (χ1) is 38.0. The Kier molecular flexibility index (Phi) is 18.3. The van der Waals surface area contributed by atoms with Crippen LogP contribution < -0.4 is 37.3 Å². The van der Waals surface area contributed by atoms with Gasteiger partial charge in [0.2, 0.25) is 17.8 Å². The van der Waals surface area contributed by atoms with Crippen LogP contribution in [0, 0.1) is 23.2 Å². The second-order valence-electron chi connectivity index (χ2n) is 19.2. The molecular weight excluding hydrogens is 1120 g/mol. The van der Waals surface area contributed by atoms with Gasteiger partial charge in [0.05, 0.1) is 72.1 Å². The maximum absolute atomic E-state index is 13.3. The number of halogens is 12. The van der Waals surface area contributed by atoms with Crippen molar-refractivity contribution in [2.24, 2.45) is 17.6 Å². The van der Waals surface area contributed by atoms with E-state index in [0.717, 1.165) is 12.4 Å². The molecule has 81 heavy (non-hydrogen) atoms. The van der Waals surface area contributed by atoms with Gasteiger partial charge in [0.1, 0.15) is 23.3 Å². The number of hydrogen-bond donors (Lipinski definition) is 5. The third-order valence-corrected chi connectivity index (χ3v) is 13.5. The first kappa shape index (κ1) is 60.7. The Morgan fingerprint density at radius 3 is 1.41 bits per heavy atom. The minimum atomic E-state index is -4.92. The molecule has 440 valence electrons. The van der Waals surface area contributed by atoms with Gasteiger partial charge in [-0.1, -0.05) is 0 Å².